The minimum absolute atomic E-state index is 0. The number of unbranched alkanes of at least 4 members (excludes halogenated alkanes) is 11. The van der Waals surface area contributed by atoms with Gasteiger partial charge in [0.1, 0.15) is 12.7 Å². The van der Waals surface area contributed by atoms with E-state index >= 15 is 0 Å². The van der Waals surface area contributed by atoms with Crippen molar-refractivity contribution < 1.29 is 50.7 Å². The van der Waals surface area contributed by atoms with Gasteiger partial charge in [0.25, 0.3) is 0 Å². The van der Waals surface area contributed by atoms with Crippen molar-refractivity contribution in [3.05, 3.63) is 12.2 Å². The summed E-state index contributed by atoms with van der Waals surface area (Å²) in [5.74, 6) is -0.287. The summed E-state index contributed by atoms with van der Waals surface area (Å²) in [5, 5.41) is 17.7. The molecule has 0 aliphatic carbocycles. The Labute approximate surface area is 184 Å². The molecule has 0 amide bonds. The molecule has 0 aromatic carbocycles. The number of hydrogen-bond donors (Lipinski definition) is 2. The maximum absolute atomic E-state index is 11.4. The van der Waals surface area contributed by atoms with E-state index in [2.05, 4.69) is 19.1 Å². The van der Waals surface area contributed by atoms with Crippen LogP contribution in [0.15, 0.2) is 12.2 Å². The number of hydrogen-bond acceptors (Lipinski definition) is 4. The van der Waals surface area contributed by atoms with Crippen LogP contribution in [0.4, 0.5) is 0 Å². The summed E-state index contributed by atoms with van der Waals surface area (Å²) in [6, 6.07) is 0. The van der Waals surface area contributed by atoms with Gasteiger partial charge in [-0.2, -0.15) is 0 Å². The Balaban J connectivity index is -0.00000288. The van der Waals surface area contributed by atoms with Gasteiger partial charge >= 0.3 is 35.5 Å². The molecule has 0 radical (unpaired) electrons. The van der Waals surface area contributed by atoms with Crippen molar-refractivity contribution >= 4 is 5.97 Å². The molecule has 0 aromatic heterocycles. The van der Waals surface area contributed by atoms with E-state index in [-0.39, 0.29) is 50.2 Å². The van der Waals surface area contributed by atoms with Gasteiger partial charge in [0.2, 0.25) is 0 Å². The number of aliphatic hydroxyl groups excluding tert-OH is 2. The van der Waals surface area contributed by atoms with E-state index in [9.17, 15) is 4.79 Å². The third-order valence-corrected chi connectivity index (χ3v) is 4.29. The quantitative estimate of drug-likeness (QED) is 0.165. The Bertz CT molecular complexity index is 327. The second-order valence-electron chi connectivity index (χ2n) is 6.85. The molecule has 0 spiro atoms. The molecule has 1 atom stereocenters. The third kappa shape index (κ3) is 22.2. The maximum Gasteiger partial charge on any atom is 1.00 e. The van der Waals surface area contributed by atoms with Crippen molar-refractivity contribution in [2.45, 2.75) is 103 Å². The van der Waals surface area contributed by atoms with Gasteiger partial charge in [-0.05, 0) is 32.1 Å². The molecule has 0 aromatic rings. The fourth-order valence-corrected chi connectivity index (χ4v) is 2.65. The van der Waals surface area contributed by atoms with E-state index in [1.54, 1.807) is 0 Å². The van der Waals surface area contributed by atoms with E-state index in [1.807, 2.05) is 0 Å². The second-order valence-corrected chi connectivity index (χ2v) is 6.85. The van der Waals surface area contributed by atoms with Crippen molar-refractivity contribution in [1.29, 1.82) is 0 Å². The van der Waals surface area contributed by atoms with Crippen LogP contribution in [-0.4, -0.2) is 35.5 Å². The van der Waals surface area contributed by atoms with Crippen LogP contribution in [0.2, 0.25) is 0 Å². The molecule has 0 saturated carbocycles. The number of rotatable bonds is 18. The molecule has 150 valence electrons. The van der Waals surface area contributed by atoms with Crippen LogP contribution in [0.1, 0.15) is 98.2 Å². The van der Waals surface area contributed by atoms with Gasteiger partial charge in [0.15, 0.2) is 0 Å². The van der Waals surface area contributed by atoms with Crippen LogP contribution in [-0.2, 0) is 9.53 Å². The van der Waals surface area contributed by atoms with E-state index in [0.717, 1.165) is 25.7 Å². The first-order valence-corrected chi connectivity index (χ1v) is 10.3. The molecule has 0 aliphatic rings. The molecule has 26 heavy (non-hydrogen) atoms. The average Bonchev–Trinajstić information content (AvgIpc) is 2.62. The normalized spacial score (nSPS) is 12.1. The zero-order valence-corrected chi connectivity index (χ0v) is 19.3. The predicted octanol–water partition coefficient (Wildman–Crippen LogP) is 2.04. The van der Waals surface area contributed by atoms with Crippen molar-refractivity contribution in [2.75, 3.05) is 13.2 Å². The summed E-state index contributed by atoms with van der Waals surface area (Å²) in [5.41, 5.74) is 0. The fourth-order valence-electron chi connectivity index (χ4n) is 2.65. The summed E-state index contributed by atoms with van der Waals surface area (Å²) >= 11 is 0. The van der Waals surface area contributed by atoms with Crippen molar-refractivity contribution in [2.24, 2.45) is 0 Å². The smallest absolute Gasteiger partial charge is 1.00 e. The van der Waals surface area contributed by atoms with Gasteiger partial charge < -0.3 is 16.4 Å². The number of carbonyl (C=O) groups excluding carboxylic acids is 1. The molecule has 0 aliphatic heterocycles. The van der Waals surface area contributed by atoms with Gasteiger partial charge in [-0.15, -0.1) is 0 Å². The van der Waals surface area contributed by atoms with Crippen molar-refractivity contribution in [3.8, 4) is 0 Å². The van der Waals surface area contributed by atoms with Crippen molar-refractivity contribution in [1.82, 2.24) is 0 Å². The average molecular weight is 381 g/mol. The van der Waals surface area contributed by atoms with Gasteiger partial charge in [-0.25, -0.2) is 0 Å². The number of ether oxygens (including phenoxy) is 1. The van der Waals surface area contributed by atoms with E-state index < -0.39 is 6.10 Å². The zero-order chi connectivity index (χ0) is 18.6. The summed E-state index contributed by atoms with van der Waals surface area (Å²) < 4.78 is 4.86. The Morgan fingerprint density at radius 3 is 1.96 bits per heavy atom. The second kappa shape index (κ2) is 23.2. The molecule has 4 nitrogen and oxygen atoms in total. The molecule has 0 fully saturated rings. The third-order valence-electron chi connectivity index (χ3n) is 4.29. The van der Waals surface area contributed by atoms with Crippen LogP contribution < -0.4 is 29.6 Å². The van der Waals surface area contributed by atoms with E-state index in [1.165, 1.54) is 57.8 Å². The molecule has 0 heterocycles. The maximum atomic E-state index is 11.4. The molecule has 0 saturated heterocycles. The van der Waals surface area contributed by atoms with Gasteiger partial charge in [-0.3, -0.25) is 4.79 Å². The Morgan fingerprint density at radius 2 is 1.42 bits per heavy atom. The van der Waals surface area contributed by atoms with E-state index in [4.69, 9.17) is 14.9 Å². The molecule has 5 heteroatoms. The van der Waals surface area contributed by atoms with E-state index in [0.29, 0.717) is 6.42 Å². The molecular formula is C21H41NaO4. The first-order valence-electron chi connectivity index (χ1n) is 10.3. The fraction of sp³-hybridized carbons (Fsp3) is 0.857. The van der Waals surface area contributed by atoms with Crippen LogP contribution in [0.5, 0.6) is 0 Å². The topological polar surface area (TPSA) is 66.8 Å². The van der Waals surface area contributed by atoms with Crippen LogP contribution in [0, 0.1) is 0 Å². The van der Waals surface area contributed by atoms with Gasteiger partial charge in [-0.1, -0.05) is 70.4 Å². The monoisotopic (exact) mass is 380 g/mol. The van der Waals surface area contributed by atoms with Crippen LogP contribution >= 0.6 is 0 Å². The minimum atomic E-state index is -0.960. The SMILES string of the molecule is CCCCCCCCC=CCCCCCCCC(=O)OCC(O)CO.[H-].[Na+]. The Kier molecular flexibility index (Phi) is 25.3. The number of allylic oxidation sites excluding steroid dienone is 2. The van der Waals surface area contributed by atoms with Gasteiger partial charge in [0.05, 0.1) is 6.61 Å². The largest absolute Gasteiger partial charge is 1.00 e. The van der Waals surface area contributed by atoms with Crippen LogP contribution in [0.3, 0.4) is 0 Å². The van der Waals surface area contributed by atoms with Gasteiger partial charge in [0, 0.05) is 6.42 Å². The summed E-state index contributed by atoms with van der Waals surface area (Å²) in [7, 11) is 0. The first-order chi connectivity index (χ1) is 12.2. The zero-order valence-electron chi connectivity index (χ0n) is 18.3. The molecule has 1 unspecified atom stereocenters. The van der Waals surface area contributed by atoms with Crippen LogP contribution in [0.25, 0.3) is 0 Å². The molecule has 0 bridgehead atoms. The number of carbonyl (C=O) groups is 1. The molecular weight excluding hydrogens is 339 g/mol. The number of esters is 1. The summed E-state index contributed by atoms with van der Waals surface area (Å²) in [4.78, 5) is 11.4. The number of aliphatic hydroxyl groups is 2. The summed E-state index contributed by atoms with van der Waals surface area (Å²) in [6.07, 6.45) is 20.1. The molecule has 0 rings (SSSR count). The minimum Gasteiger partial charge on any atom is -1.00 e. The standard InChI is InChI=1S/C21H40O4.Na.H/c1-2-3-4-5-6-7-8-9-10-11-12-13-14-15-16-17-21(24)25-19-20(23)18-22;;/h9-10,20,22-23H,2-8,11-19H2,1H3;;/q;+1;-1. The molecule has 2 N–H and O–H groups in total. The Hall–Kier alpha value is 0.130. The van der Waals surface area contributed by atoms with Crippen molar-refractivity contribution in [3.63, 3.8) is 0 Å². The Morgan fingerprint density at radius 1 is 0.923 bits per heavy atom. The summed E-state index contributed by atoms with van der Waals surface area (Å²) in [6.45, 7) is 1.77. The first kappa shape index (κ1) is 28.3. The predicted molar refractivity (Wildman–Crippen MR) is 105 cm³/mol.